The van der Waals surface area contributed by atoms with Crippen molar-refractivity contribution in [3.63, 3.8) is 0 Å². The molecule has 1 spiro atoms. The van der Waals surface area contributed by atoms with Gasteiger partial charge in [-0.25, -0.2) is 4.79 Å². The maximum atomic E-state index is 12.8. The number of nitrogens with one attached hydrogen (secondary N) is 4. The van der Waals surface area contributed by atoms with Gasteiger partial charge in [0.25, 0.3) is 11.8 Å². The fraction of sp³-hybridized carbons (Fsp3) is 0.474. The summed E-state index contributed by atoms with van der Waals surface area (Å²) in [5, 5.41) is 10.9. The molecule has 0 aromatic heterocycles. The molecule has 2 fully saturated rings. The quantitative estimate of drug-likeness (QED) is 0.573. The topological polar surface area (TPSA) is 116 Å². The van der Waals surface area contributed by atoms with Crippen LogP contribution in [0, 0.1) is 5.92 Å². The van der Waals surface area contributed by atoms with Gasteiger partial charge in [0.1, 0.15) is 5.54 Å². The lowest BCUT2D eigenvalue weighted by molar-refractivity contribution is -0.128. The van der Waals surface area contributed by atoms with Gasteiger partial charge in [-0.1, -0.05) is 11.6 Å². The van der Waals surface area contributed by atoms with Gasteiger partial charge in [0.15, 0.2) is 0 Å². The molecule has 9 heteroatoms. The summed E-state index contributed by atoms with van der Waals surface area (Å²) >= 11 is 6.04. The minimum absolute atomic E-state index is 0.0472. The van der Waals surface area contributed by atoms with Crippen molar-refractivity contribution < 1.29 is 19.2 Å². The van der Waals surface area contributed by atoms with Gasteiger partial charge in [-0.2, -0.15) is 0 Å². The molecule has 1 aliphatic carbocycles. The number of imide groups is 1. The Morgan fingerprint density at radius 1 is 1.21 bits per heavy atom. The van der Waals surface area contributed by atoms with E-state index in [0.717, 1.165) is 0 Å². The number of halogens is 1. The Kier molecular flexibility index (Phi) is 5.60. The van der Waals surface area contributed by atoms with Crippen molar-refractivity contribution in [2.45, 2.75) is 51.1 Å². The van der Waals surface area contributed by atoms with Gasteiger partial charge < -0.3 is 16.0 Å². The van der Waals surface area contributed by atoms with Gasteiger partial charge in [0.05, 0.1) is 11.3 Å². The summed E-state index contributed by atoms with van der Waals surface area (Å²) in [6, 6.07) is 4.17. The van der Waals surface area contributed by atoms with Crippen molar-refractivity contribution in [2.24, 2.45) is 5.92 Å². The number of hydrogen-bond donors (Lipinski definition) is 4. The highest BCUT2D eigenvalue weighted by atomic mass is 35.5. The molecule has 150 valence electrons. The first-order valence-corrected chi connectivity index (χ1v) is 9.63. The van der Waals surface area contributed by atoms with Gasteiger partial charge in [0.2, 0.25) is 5.91 Å². The first-order chi connectivity index (χ1) is 13.2. The van der Waals surface area contributed by atoms with Crippen LogP contribution >= 0.6 is 11.6 Å². The van der Waals surface area contributed by atoms with E-state index in [9.17, 15) is 19.2 Å². The molecule has 1 aromatic carbocycles. The van der Waals surface area contributed by atoms with E-state index in [1.807, 2.05) is 13.8 Å². The maximum Gasteiger partial charge on any atom is 0.322 e. The van der Waals surface area contributed by atoms with Crippen LogP contribution in [0.1, 0.15) is 49.9 Å². The monoisotopic (exact) mass is 406 g/mol. The molecule has 1 heterocycles. The highest BCUT2D eigenvalue weighted by Gasteiger charge is 2.48. The zero-order chi connectivity index (χ0) is 20.5. The van der Waals surface area contributed by atoms with E-state index in [4.69, 9.17) is 11.6 Å². The molecule has 0 unspecified atom stereocenters. The number of carbonyl (C=O) groups is 4. The SMILES string of the molecule is CC(C)NC(=O)c1ccc(Cl)cc1NC(=O)C1CCC2(CC1)NC(=O)NC2=O. The second kappa shape index (κ2) is 7.79. The van der Waals surface area contributed by atoms with Gasteiger partial charge in [-0.05, 0) is 57.7 Å². The maximum absolute atomic E-state index is 12.8. The highest BCUT2D eigenvalue weighted by molar-refractivity contribution is 6.31. The van der Waals surface area contributed by atoms with Gasteiger partial charge >= 0.3 is 6.03 Å². The Morgan fingerprint density at radius 2 is 1.89 bits per heavy atom. The molecule has 0 radical (unpaired) electrons. The second-order valence-electron chi connectivity index (χ2n) is 7.57. The molecule has 1 aromatic rings. The van der Waals surface area contributed by atoms with Gasteiger partial charge in [0, 0.05) is 17.0 Å². The molecular weight excluding hydrogens is 384 g/mol. The van der Waals surface area contributed by atoms with Crippen LogP contribution < -0.4 is 21.3 Å². The van der Waals surface area contributed by atoms with Crippen LogP contribution in [0.2, 0.25) is 5.02 Å². The number of anilines is 1. The molecule has 5 amide bonds. The van der Waals surface area contributed by atoms with Crippen molar-refractivity contribution in [1.29, 1.82) is 0 Å². The van der Waals surface area contributed by atoms with Crippen LogP contribution in [-0.2, 0) is 9.59 Å². The van der Waals surface area contributed by atoms with Crippen molar-refractivity contribution >= 4 is 41.0 Å². The third-order valence-corrected chi connectivity index (χ3v) is 5.36. The molecule has 1 saturated carbocycles. The molecular formula is C19H23ClN4O4. The molecule has 0 bridgehead atoms. The Hall–Kier alpha value is -2.61. The van der Waals surface area contributed by atoms with Crippen LogP contribution in [0.15, 0.2) is 18.2 Å². The molecule has 1 aliphatic heterocycles. The largest absolute Gasteiger partial charge is 0.350 e. The van der Waals surface area contributed by atoms with Crippen LogP contribution in [0.4, 0.5) is 10.5 Å². The van der Waals surface area contributed by atoms with Crippen LogP contribution in [0.25, 0.3) is 0 Å². The first kappa shape index (κ1) is 20.1. The number of hydrogen-bond acceptors (Lipinski definition) is 4. The zero-order valence-corrected chi connectivity index (χ0v) is 16.5. The minimum atomic E-state index is -0.910. The average Bonchev–Trinajstić information content (AvgIpc) is 2.88. The summed E-state index contributed by atoms with van der Waals surface area (Å²) in [6.45, 7) is 3.70. The Labute approximate surface area is 167 Å². The Morgan fingerprint density at radius 3 is 2.46 bits per heavy atom. The molecule has 4 N–H and O–H groups in total. The fourth-order valence-electron chi connectivity index (χ4n) is 3.65. The predicted molar refractivity (Wildman–Crippen MR) is 104 cm³/mol. The van der Waals surface area contributed by atoms with E-state index in [2.05, 4.69) is 21.3 Å². The fourth-order valence-corrected chi connectivity index (χ4v) is 3.82. The van der Waals surface area contributed by atoms with Crippen LogP contribution in [-0.4, -0.2) is 35.3 Å². The summed E-state index contributed by atoms with van der Waals surface area (Å²) in [6.07, 6.45) is 1.68. The van der Waals surface area contributed by atoms with Crippen molar-refractivity contribution in [1.82, 2.24) is 16.0 Å². The van der Waals surface area contributed by atoms with E-state index in [0.29, 0.717) is 42.0 Å². The smallest absolute Gasteiger partial charge is 0.322 e. The first-order valence-electron chi connectivity index (χ1n) is 9.25. The summed E-state index contributed by atoms with van der Waals surface area (Å²) in [5.74, 6) is -1.19. The van der Waals surface area contributed by atoms with E-state index in [1.165, 1.54) is 0 Å². The van der Waals surface area contributed by atoms with Gasteiger partial charge in [-0.15, -0.1) is 0 Å². The van der Waals surface area contributed by atoms with Crippen LogP contribution in [0.5, 0.6) is 0 Å². The summed E-state index contributed by atoms with van der Waals surface area (Å²) in [7, 11) is 0. The zero-order valence-electron chi connectivity index (χ0n) is 15.7. The van der Waals surface area contributed by atoms with Crippen molar-refractivity contribution in [2.75, 3.05) is 5.32 Å². The van der Waals surface area contributed by atoms with E-state index in [1.54, 1.807) is 18.2 Å². The molecule has 2 aliphatic rings. The van der Waals surface area contributed by atoms with E-state index < -0.39 is 11.6 Å². The van der Waals surface area contributed by atoms with Crippen molar-refractivity contribution in [3.05, 3.63) is 28.8 Å². The average molecular weight is 407 g/mol. The van der Waals surface area contributed by atoms with Crippen molar-refractivity contribution in [3.8, 4) is 0 Å². The number of urea groups is 1. The summed E-state index contributed by atoms with van der Waals surface area (Å²) in [4.78, 5) is 48.6. The Balaban J connectivity index is 1.69. The molecule has 8 nitrogen and oxygen atoms in total. The summed E-state index contributed by atoms with van der Waals surface area (Å²) < 4.78 is 0. The number of benzene rings is 1. The minimum Gasteiger partial charge on any atom is -0.350 e. The number of carbonyl (C=O) groups excluding carboxylic acids is 4. The third-order valence-electron chi connectivity index (χ3n) is 5.13. The Bertz CT molecular complexity index is 831. The highest BCUT2D eigenvalue weighted by Crippen LogP contribution is 2.35. The molecule has 1 saturated heterocycles. The molecule has 0 atom stereocenters. The lowest BCUT2D eigenvalue weighted by Crippen LogP contribution is -2.50. The third kappa shape index (κ3) is 4.11. The lowest BCUT2D eigenvalue weighted by Gasteiger charge is -2.34. The standard InChI is InChI=1S/C19H23ClN4O4/c1-10(2)21-16(26)13-4-3-12(20)9-14(13)22-15(25)11-5-7-19(8-6-11)17(27)23-18(28)24-19/h3-4,9-11H,5-8H2,1-2H3,(H,21,26)(H,22,25)(H2,23,24,27,28). The van der Waals surface area contributed by atoms with Crippen LogP contribution in [0.3, 0.4) is 0 Å². The van der Waals surface area contributed by atoms with E-state index in [-0.39, 0.29) is 29.7 Å². The van der Waals surface area contributed by atoms with Gasteiger partial charge in [-0.3, -0.25) is 19.7 Å². The number of rotatable bonds is 4. The normalized spacial score (nSPS) is 24.1. The number of amides is 5. The molecule has 3 rings (SSSR count). The lowest BCUT2D eigenvalue weighted by atomic mass is 9.76. The second-order valence-corrected chi connectivity index (χ2v) is 8.01. The molecule has 28 heavy (non-hydrogen) atoms. The predicted octanol–water partition coefficient (Wildman–Crippen LogP) is 2.19. The summed E-state index contributed by atoms with van der Waals surface area (Å²) in [5.41, 5.74) is -0.226. The van der Waals surface area contributed by atoms with E-state index >= 15 is 0 Å².